The molecule has 5 nitrogen and oxygen atoms in total. The zero-order valence-corrected chi connectivity index (χ0v) is 26.2. The summed E-state index contributed by atoms with van der Waals surface area (Å²) in [6.07, 6.45) is 8.64. The van der Waals surface area contributed by atoms with Gasteiger partial charge in [0.2, 0.25) is 0 Å². The number of carbonyl (C=O) groups excluding carboxylic acids is 2. The molecule has 0 spiro atoms. The highest BCUT2D eigenvalue weighted by Gasteiger charge is 2.70. The van der Waals surface area contributed by atoms with Crippen LogP contribution in [0.2, 0.25) is 0 Å². The van der Waals surface area contributed by atoms with Crippen molar-refractivity contribution in [3.05, 3.63) is 11.1 Å². The lowest BCUT2D eigenvalue weighted by Gasteiger charge is -2.72. The molecule has 0 aromatic rings. The zero-order valence-electron chi connectivity index (χ0n) is 26.2. The topological polar surface area (TPSA) is 75.6 Å². The Kier molecular flexibility index (Phi) is 7.07. The number of nitrogens with one attached hydrogen (secondary N) is 1. The number of ketones is 1. The molecular formula is C34H55NO4. The third-order valence-electron chi connectivity index (χ3n) is 13.8. The maximum atomic E-state index is 13.6. The van der Waals surface area contributed by atoms with Crippen LogP contribution in [0, 0.1) is 50.7 Å². The second-order valence-corrected chi connectivity index (χ2v) is 15.9. The van der Waals surface area contributed by atoms with Crippen molar-refractivity contribution in [2.75, 3.05) is 13.6 Å². The van der Waals surface area contributed by atoms with E-state index in [9.17, 15) is 14.7 Å². The second kappa shape index (κ2) is 9.41. The van der Waals surface area contributed by atoms with Crippen molar-refractivity contribution in [2.24, 2.45) is 50.7 Å². The maximum absolute atomic E-state index is 13.6. The monoisotopic (exact) mass is 541 g/mol. The Morgan fingerprint density at radius 3 is 2.28 bits per heavy atom. The van der Waals surface area contributed by atoms with Crippen molar-refractivity contribution < 1.29 is 19.4 Å². The highest BCUT2D eigenvalue weighted by molar-refractivity contribution is 6.00. The van der Waals surface area contributed by atoms with Crippen LogP contribution in [0.1, 0.15) is 113 Å². The van der Waals surface area contributed by atoms with Gasteiger partial charge in [-0.1, -0.05) is 54.0 Å². The molecule has 5 rings (SSSR count). The highest BCUT2D eigenvalue weighted by Crippen LogP contribution is 2.77. The van der Waals surface area contributed by atoms with Gasteiger partial charge in [-0.25, -0.2) is 0 Å². The third kappa shape index (κ3) is 3.84. The van der Waals surface area contributed by atoms with Gasteiger partial charge in [0.25, 0.3) is 0 Å². The molecule has 0 heterocycles. The predicted molar refractivity (Wildman–Crippen MR) is 155 cm³/mol. The molecule has 220 valence electrons. The van der Waals surface area contributed by atoms with Gasteiger partial charge in [0, 0.05) is 30.7 Å². The first-order chi connectivity index (χ1) is 18.1. The average molecular weight is 542 g/mol. The van der Waals surface area contributed by atoms with E-state index in [0.717, 1.165) is 37.7 Å². The van der Waals surface area contributed by atoms with Crippen molar-refractivity contribution in [1.82, 2.24) is 5.32 Å². The molecule has 0 aliphatic heterocycles. The van der Waals surface area contributed by atoms with Gasteiger partial charge in [-0.15, -0.1) is 0 Å². The van der Waals surface area contributed by atoms with Gasteiger partial charge < -0.3 is 15.2 Å². The summed E-state index contributed by atoms with van der Waals surface area (Å²) in [7, 11) is 1.90. The fourth-order valence-electron chi connectivity index (χ4n) is 11.9. The Hall–Kier alpha value is -1.20. The van der Waals surface area contributed by atoms with Crippen LogP contribution in [-0.4, -0.2) is 42.7 Å². The van der Waals surface area contributed by atoms with E-state index in [4.69, 9.17) is 4.74 Å². The van der Waals surface area contributed by atoms with Gasteiger partial charge in [0.15, 0.2) is 5.78 Å². The Morgan fingerprint density at radius 1 is 0.974 bits per heavy atom. The largest absolute Gasteiger partial charge is 0.462 e. The molecule has 4 fully saturated rings. The van der Waals surface area contributed by atoms with Crippen LogP contribution in [0.4, 0.5) is 0 Å². The van der Waals surface area contributed by atoms with E-state index in [1.54, 1.807) is 6.92 Å². The fourth-order valence-corrected chi connectivity index (χ4v) is 11.9. The molecule has 0 bridgehead atoms. The van der Waals surface area contributed by atoms with Crippen molar-refractivity contribution in [2.45, 2.75) is 125 Å². The number of aliphatic hydroxyl groups excluding tert-OH is 1. The minimum atomic E-state index is -0.529. The van der Waals surface area contributed by atoms with Gasteiger partial charge in [-0.3, -0.25) is 9.59 Å². The number of esters is 1. The molecule has 0 amide bonds. The Bertz CT molecular complexity index is 1060. The smallest absolute Gasteiger partial charge is 0.302 e. The molecule has 39 heavy (non-hydrogen) atoms. The van der Waals surface area contributed by atoms with E-state index in [2.05, 4.69) is 53.8 Å². The summed E-state index contributed by atoms with van der Waals surface area (Å²) in [5.74, 6) is 1.81. The fraction of sp³-hybridized carbons (Fsp3) is 0.882. The quantitative estimate of drug-likeness (QED) is 0.390. The van der Waals surface area contributed by atoms with E-state index in [1.807, 2.05) is 7.05 Å². The molecule has 0 aromatic carbocycles. The van der Waals surface area contributed by atoms with Gasteiger partial charge in [-0.05, 0) is 104 Å². The summed E-state index contributed by atoms with van der Waals surface area (Å²) < 4.78 is 5.91. The summed E-state index contributed by atoms with van der Waals surface area (Å²) in [6.45, 7) is 18.9. The molecule has 4 saturated carbocycles. The first kappa shape index (κ1) is 29.3. The first-order valence-corrected chi connectivity index (χ1v) is 15.9. The molecule has 0 aromatic heterocycles. The highest BCUT2D eigenvalue weighted by atomic mass is 16.5. The van der Waals surface area contributed by atoms with E-state index >= 15 is 0 Å². The Labute approximate surface area is 237 Å². The number of Topliss-reactive ketones (excluding diaryl/α,β-unsaturated/α-hetero) is 1. The Balaban J connectivity index is 1.56. The van der Waals surface area contributed by atoms with Crippen LogP contribution in [-0.2, 0) is 14.3 Å². The van der Waals surface area contributed by atoms with Gasteiger partial charge >= 0.3 is 5.97 Å². The van der Waals surface area contributed by atoms with Crippen molar-refractivity contribution in [3.63, 3.8) is 0 Å². The number of ether oxygens (including phenoxy) is 1. The molecule has 2 N–H and O–H groups in total. The van der Waals surface area contributed by atoms with E-state index in [1.165, 1.54) is 24.8 Å². The predicted octanol–water partition coefficient (Wildman–Crippen LogP) is 6.48. The van der Waals surface area contributed by atoms with Crippen LogP contribution in [0.5, 0.6) is 0 Å². The van der Waals surface area contributed by atoms with Gasteiger partial charge in [-0.2, -0.15) is 0 Å². The molecule has 2 unspecified atom stereocenters. The van der Waals surface area contributed by atoms with Crippen molar-refractivity contribution in [3.8, 4) is 0 Å². The number of hydrogen-bond donors (Lipinski definition) is 2. The lowest BCUT2D eigenvalue weighted by Crippen LogP contribution is -2.66. The molecule has 0 saturated heterocycles. The molecule has 5 aliphatic carbocycles. The second-order valence-electron chi connectivity index (χ2n) is 15.9. The van der Waals surface area contributed by atoms with Gasteiger partial charge in [0.05, 0.1) is 6.10 Å². The number of hydrogen-bond acceptors (Lipinski definition) is 5. The molecule has 5 aliphatic rings. The van der Waals surface area contributed by atoms with E-state index in [-0.39, 0.29) is 45.4 Å². The maximum Gasteiger partial charge on any atom is 0.302 e. The van der Waals surface area contributed by atoms with E-state index in [0.29, 0.717) is 30.7 Å². The minimum absolute atomic E-state index is 0.00317. The standard InChI is InChI=1S/C34H55NO4/c1-20(2)28-23(37)18-34(26(38)19-35-9)17-16-32(7)22(29(28)34)10-11-25-31(6)14-13-27(39-21(3)36)30(4,5)24(31)12-15-33(25,32)8/h20,22,24-27,35,38H,10-19H2,1-9H3/t22-,24+,25?,26?,27+,31+,32-,33-,34+/m1/s1. The molecule has 0 radical (unpaired) electrons. The minimum Gasteiger partial charge on any atom is -0.462 e. The van der Waals surface area contributed by atoms with Crippen molar-refractivity contribution >= 4 is 11.8 Å². The van der Waals surface area contributed by atoms with Crippen molar-refractivity contribution in [1.29, 1.82) is 0 Å². The summed E-state index contributed by atoms with van der Waals surface area (Å²) in [5.41, 5.74) is 2.44. The lowest BCUT2D eigenvalue weighted by atomic mass is 9.33. The van der Waals surface area contributed by atoms with Gasteiger partial charge in [0.1, 0.15) is 6.10 Å². The molecule has 9 atom stereocenters. The summed E-state index contributed by atoms with van der Waals surface area (Å²) in [5, 5.41) is 14.8. The number of allylic oxidation sites excluding steroid dienone is 1. The van der Waals surface area contributed by atoms with Crippen LogP contribution >= 0.6 is 0 Å². The van der Waals surface area contributed by atoms with Crippen LogP contribution in [0.15, 0.2) is 11.1 Å². The molecule has 5 heteroatoms. The summed E-state index contributed by atoms with van der Waals surface area (Å²) in [6, 6.07) is 0. The number of aliphatic hydroxyl groups is 1. The number of rotatable bonds is 5. The number of likely N-dealkylation sites (N-methyl/N-ethyl adjacent to an activating group) is 1. The summed E-state index contributed by atoms with van der Waals surface area (Å²) in [4.78, 5) is 25.6. The molecular weight excluding hydrogens is 486 g/mol. The SMILES string of the molecule is CNCC(O)[C@@]12CC[C@]3(C)[C@H](CCC4[C@@]5(C)CC[C@H](OC(C)=O)C(C)(C)[C@@H]5CC[C@]43C)C1=C(C(C)C)C(=O)C2. The third-order valence-corrected chi connectivity index (χ3v) is 13.8. The average Bonchev–Trinajstić information content (AvgIpc) is 3.15. The lowest BCUT2D eigenvalue weighted by molar-refractivity contribution is -0.234. The Morgan fingerprint density at radius 2 is 1.67 bits per heavy atom. The zero-order chi connectivity index (χ0) is 28.8. The normalized spacial score (nSPS) is 45.8. The number of carbonyl (C=O) groups is 2. The summed E-state index contributed by atoms with van der Waals surface area (Å²) >= 11 is 0. The van der Waals surface area contributed by atoms with Crippen LogP contribution in [0.3, 0.4) is 0 Å². The van der Waals surface area contributed by atoms with E-state index < -0.39 is 11.5 Å². The van der Waals surface area contributed by atoms with Crippen LogP contribution < -0.4 is 5.32 Å². The number of fused-ring (bicyclic) bond motifs is 7. The van der Waals surface area contributed by atoms with Crippen LogP contribution in [0.25, 0.3) is 0 Å². The first-order valence-electron chi connectivity index (χ1n) is 15.9.